The molecular formula is C8H19N3. The van der Waals surface area contributed by atoms with Crippen LogP contribution in [-0.4, -0.2) is 19.6 Å². The predicted octanol–water partition coefficient (Wildman–Crippen LogP) is 0.394. The van der Waals surface area contributed by atoms with Crippen LogP contribution in [0.5, 0.6) is 0 Å². The van der Waals surface area contributed by atoms with Gasteiger partial charge in [-0.1, -0.05) is 6.92 Å². The quantitative estimate of drug-likeness (QED) is 0.541. The van der Waals surface area contributed by atoms with E-state index in [4.69, 9.17) is 5.73 Å². The number of hydrogen-bond donors (Lipinski definition) is 3. The lowest BCUT2D eigenvalue weighted by atomic mass is 10.2. The Morgan fingerprint density at radius 2 is 2.27 bits per heavy atom. The molecular weight excluding hydrogens is 138 g/mol. The van der Waals surface area contributed by atoms with Crippen molar-refractivity contribution in [3.8, 4) is 0 Å². The summed E-state index contributed by atoms with van der Waals surface area (Å²) in [6.07, 6.45) is 3.02. The van der Waals surface area contributed by atoms with Gasteiger partial charge in [0, 0.05) is 31.5 Å². The maximum atomic E-state index is 5.69. The highest BCUT2D eigenvalue weighted by Gasteiger charge is 1.99. The van der Waals surface area contributed by atoms with E-state index in [1.165, 1.54) is 0 Å². The number of nitrogens with one attached hydrogen (secondary N) is 2. The Kier molecular flexibility index (Phi) is 5.65. The van der Waals surface area contributed by atoms with Gasteiger partial charge in [0.2, 0.25) is 0 Å². The Balaban J connectivity index is 3.80. The minimum absolute atomic E-state index is 0.0778. The van der Waals surface area contributed by atoms with Crippen molar-refractivity contribution < 1.29 is 0 Å². The largest absolute Gasteiger partial charge is 0.393 e. The highest BCUT2D eigenvalue weighted by Crippen LogP contribution is 1.92. The third-order valence-electron chi connectivity index (χ3n) is 1.37. The van der Waals surface area contributed by atoms with Crippen LogP contribution in [0.3, 0.4) is 0 Å². The van der Waals surface area contributed by atoms with Crippen LogP contribution in [0, 0.1) is 0 Å². The van der Waals surface area contributed by atoms with Gasteiger partial charge in [-0.05, 0) is 13.3 Å². The van der Waals surface area contributed by atoms with Crippen molar-refractivity contribution in [1.82, 2.24) is 10.6 Å². The molecule has 0 aliphatic heterocycles. The monoisotopic (exact) mass is 157 g/mol. The molecule has 1 unspecified atom stereocenters. The molecule has 11 heavy (non-hydrogen) atoms. The summed E-state index contributed by atoms with van der Waals surface area (Å²) in [5.41, 5.74) is 6.76. The molecule has 0 saturated heterocycles. The molecule has 0 aliphatic rings. The van der Waals surface area contributed by atoms with Crippen molar-refractivity contribution in [1.29, 1.82) is 0 Å². The summed E-state index contributed by atoms with van der Waals surface area (Å²) in [6, 6.07) is 0.0778. The smallest absolute Gasteiger partial charge is 0.0434 e. The van der Waals surface area contributed by atoms with Gasteiger partial charge in [-0.15, -0.1) is 0 Å². The third kappa shape index (κ3) is 4.67. The summed E-state index contributed by atoms with van der Waals surface area (Å²) < 4.78 is 0. The summed E-state index contributed by atoms with van der Waals surface area (Å²) in [5.74, 6) is 0. The van der Waals surface area contributed by atoms with Gasteiger partial charge in [-0.25, -0.2) is 0 Å². The van der Waals surface area contributed by atoms with Crippen LogP contribution in [0.15, 0.2) is 11.9 Å². The maximum Gasteiger partial charge on any atom is 0.0434 e. The Morgan fingerprint density at radius 3 is 2.64 bits per heavy atom. The molecule has 0 aromatic heterocycles. The molecule has 0 aromatic carbocycles. The van der Waals surface area contributed by atoms with Crippen molar-refractivity contribution in [2.24, 2.45) is 5.73 Å². The first kappa shape index (κ1) is 10.3. The molecule has 0 bridgehead atoms. The fourth-order valence-electron chi connectivity index (χ4n) is 0.768. The summed E-state index contributed by atoms with van der Waals surface area (Å²) in [6.45, 7) is 5.08. The highest BCUT2D eigenvalue weighted by molar-refractivity contribution is 5.04. The van der Waals surface area contributed by atoms with Crippen LogP contribution in [-0.2, 0) is 0 Å². The first-order valence-corrected chi connectivity index (χ1v) is 4.09. The maximum absolute atomic E-state index is 5.69. The van der Waals surface area contributed by atoms with Crippen LogP contribution in [0.25, 0.3) is 0 Å². The average Bonchev–Trinajstić information content (AvgIpc) is 1.97. The second-order valence-corrected chi connectivity index (χ2v) is 2.60. The zero-order valence-corrected chi connectivity index (χ0v) is 7.65. The SMILES string of the molecule is CCCN/C(=C\NC)C(C)N. The van der Waals surface area contributed by atoms with E-state index in [1.807, 2.05) is 20.2 Å². The van der Waals surface area contributed by atoms with E-state index in [0.29, 0.717) is 0 Å². The van der Waals surface area contributed by atoms with Crippen LogP contribution >= 0.6 is 0 Å². The van der Waals surface area contributed by atoms with E-state index < -0.39 is 0 Å². The van der Waals surface area contributed by atoms with Crippen LogP contribution in [0.1, 0.15) is 20.3 Å². The second kappa shape index (κ2) is 6.04. The molecule has 0 aliphatic carbocycles. The van der Waals surface area contributed by atoms with Gasteiger partial charge in [-0.2, -0.15) is 0 Å². The van der Waals surface area contributed by atoms with E-state index in [-0.39, 0.29) is 6.04 Å². The van der Waals surface area contributed by atoms with E-state index in [0.717, 1.165) is 18.7 Å². The molecule has 0 rings (SSSR count). The fraction of sp³-hybridized carbons (Fsp3) is 0.750. The molecule has 0 radical (unpaired) electrons. The standard InChI is InChI=1S/C8H19N3/c1-4-5-11-8(6-10-3)7(2)9/h6-7,10-11H,4-5,9H2,1-3H3/b8-6-. The first-order valence-electron chi connectivity index (χ1n) is 4.09. The van der Waals surface area contributed by atoms with Crippen LogP contribution < -0.4 is 16.4 Å². The summed E-state index contributed by atoms with van der Waals surface area (Å²) >= 11 is 0. The number of rotatable bonds is 5. The summed E-state index contributed by atoms with van der Waals surface area (Å²) in [4.78, 5) is 0. The molecule has 3 heteroatoms. The van der Waals surface area contributed by atoms with Crippen molar-refractivity contribution >= 4 is 0 Å². The van der Waals surface area contributed by atoms with Crippen LogP contribution in [0.2, 0.25) is 0 Å². The Morgan fingerprint density at radius 1 is 1.64 bits per heavy atom. The molecule has 0 aromatic rings. The molecule has 0 heterocycles. The van der Waals surface area contributed by atoms with E-state index in [1.54, 1.807) is 0 Å². The second-order valence-electron chi connectivity index (χ2n) is 2.60. The molecule has 0 amide bonds. The predicted molar refractivity (Wildman–Crippen MR) is 49.1 cm³/mol. The minimum Gasteiger partial charge on any atom is -0.393 e. The van der Waals surface area contributed by atoms with E-state index >= 15 is 0 Å². The van der Waals surface area contributed by atoms with Crippen molar-refractivity contribution in [2.75, 3.05) is 13.6 Å². The zero-order chi connectivity index (χ0) is 8.69. The molecule has 4 N–H and O–H groups in total. The van der Waals surface area contributed by atoms with Gasteiger partial charge in [0.15, 0.2) is 0 Å². The van der Waals surface area contributed by atoms with Crippen molar-refractivity contribution in [3.63, 3.8) is 0 Å². The average molecular weight is 157 g/mol. The molecule has 0 fully saturated rings. The van der Waals surface area contributed by atoms with Gasteiger partial charge in [0.1, 0.15) is 0 Å². The van der Waals surface area contributed by atoms with Crippen molar-refractivity contribution in [3.05, 3.63) is 11.9 Å². The number of hydrogen-bond acceptors (Lipinski definition) is 3. The third-order valence-corrected chi connectivity index (χ3v) is 1.37. The van der Waals surface area contributed by atoms with Gasteiger partial charge in [0.05, 0.1) is 0 Å². The summed E-state index contributed by atoms with van der Waals surface area (Å²) in [7, 11) is 1.87. The zero-order valence-electron chi connectivity index (χ0n) is 7.65. The van der Waals surface area contributed by atoms with Crippen LogP contribution in [0.4, 0.5) is 0 Å². The molecule has 0 spiro atoms. The first-order chi connectivity index (χ1) is 5.22. The minimum atomic E-state index is 0.0778. The Labute approximate surface area is 69.0 Å². The van der Waals surface area contributed by atoms with E-state index in [9.17, 15) is 0 Å². The Hall–Kier alpha value is -0.700. The molecule has 66 valence electrons. The molecule has 1 atom stereocenters. The molecule has 3 nitrogen and oxygen atoms in total. The lowest BCUT2D eigenvalue weighted by Crippen LogP contribution is -2.30. The van der Waals surface area contributed by atoms with Gasteiger partial charge >= 0.3 is 0 Å². The lowest BCUT2D eigenvalue weighted by molar-refractivity contribution is 0.683. The topological polar surface area (TPSA) is 50.1 Å². The number of nitrogens with two attached hydrogens (primary N) is 1. The normalized spacial score (nSPS) is 14.4. The van der Waals surface area contributed by atoms with Gasteiger partial charge in [-0.3, -0.25) is 0 Å². The lowest BCUT2D eigenvalue weighted by Gasteiger charge is -2.13. The fourth-order valence-corrected chi connectivity index (χ4v) is 0.768. The van der Waals surface area contributed by atoms with E-state index in [2.05, 4.69) is 17.6 Å². The summed E-state index contributed by atoms with van der Waals surface area (Å²) in [5, 5.41) is 6.20. The molecule has 0 saturated carbocycles. The Bertz CT molecular complexity index is 119. The van der Waals surface area contributed by atoms with Crippen molar-refractivity contribution in [2.45, 2.75) is 26.3 Å². The van der Waals surface area contributed by atoms with Gasteiger partial charge < -0.3 is 16.4 Å². The highest BCUT2D eigenvalue weighted by atomic mass is 14.9. The van der Waals surface area contributed by atoms with Gasteiger partial charge in [0.25, 0.3) is 0 Å².